The number of fused-ring (bicyclic) bond motifs is 2. The maximum Gasteiger partial charge on any atom is 0.232 e. The summed E-state index contributed by atoms with van der Waals surface area (Å²) < 4.78 is 32.6. The molecule has 0 spiro atoms. The maximum absolute atomic E-state index is 12.5. The molecular formula is C29H39N3O4S. The van der Waals surface area contributed by atoms with Crippen LogP contribution in [0.2, 0.25) is 0 Å². The Hall–Kier alpha value is -2.58. The normalized spacial score (nSPS) is 24.6. The maximum atomic E-state index is 12.5. The molecule has 2 aromatic rings. The average molecular weight is 526 g/mol. The summed E-state index contributed by atoms with van der Waals surface area (Å²) in [6, 6.07) is 16.4. The molecular weight excluding hydrogens is 486 g/mol. The monoisotopic (exact) mass is 525 g/mol. The van der Waals surface area contributed by atoms with E-state index in [4.69, 9.17) is 10.5 Å². The molecule has 1 aliphatic carbocycles. The highest BCUT2D eigenvalue weighted by Gasteiger charge is 2.42. The topological polar surface area (TPSA) is 92.9 Å². The summed E-state index contributed by atoms with van der Waals surface area (Å²) in [7, 11) is -3.35. The first-order valence-corrected chi connectivity index (χ1v) is 15.5. The molecule has 2 aromatic carbocycles. The minimum absolute atomic E-state index is 0.0210. The number of benzene rings is 2. The van der Waals surface area contributed by atoms with Crippen LogP contribution in [0.25, 0.3) is 0 Å². The van der Waals surface area contributed by atoms with Gasteiger partial charge in [0.05, 0.1) is 11.9 Å². The number of piperidine rings is 1. The molecule has 2 aliphatic heterocycles. The fraction of sp³-hybridized carbons (Fsp3) is 0.552. The molecule has 1 amide bonds. The average Bonchev–Trinajstić information content (AvgIpc) is 3.09. The van der Waals surface area contributed by atoms with Crippen LogP contribution in [0.5, 0.6) is 11.5 Å². The predicted octanol–water partition coefficient (Wildman–Crippen LogP) is 5.05. The van der Waals surface area contributed by atoms with Crippen molar-refractivity contribution in [3.05, 3.63) is 54.1 Å². The molecule has 5 rings (SSSR count). The van der Waals surface area contributed by atoms with Crippen molar-refractivity contribution in [1.82, 2.24) is 4.90 Å². The second-order valence-corrected chi connectivity index (χ2v) is 13.1. The lowest BCUT2D eigenvalue weighted by Gasteiger charge is -2.38. The lowest BCUT2D eigenvalue weighted by molar-refractivity contribution is -0.124. The van der Waals surface area contributed by atoms with Crippen LogP contribution in [-0.4, -0.2) is 44.1 Å². The molecule has 2 N–H and O–H groups in total. The van der Waals surface area contributed by atoms with Gasteiger partial charge in [-0.15, -0.1) is 0 Å². The zero-order valence-corrected chi connectivity index (χ0v) is 22.5. The van der Waals surface area contributed by atoms with Crippen LogP contribution in [0, 0.1) is 11.8 Å². The summed E-state index contributed by atoms with van der Waals surface area (Å²) in [5, 5.41) is 0. The van der Waals surface area contributed by atoms with E-state index in [9.17, 15) is 13.2 Å². The van der Waals surface area contributed by atoms with Crippen LogP contribution >= 0.6 is 0 Å². The zero-order chi connectivity index (χ0) is 26.0. The van der Waals surface area contributed by atoms with Crippen molar-refractivity contribution in [2.75, 3.05) is 17.1 Å². The molecule has 2 heterocycles. The van der Waals surface area contributed by atoms with Gasteiger partial charge in [-0.2, -0.15) is 0 Å². The molecule has 0 aromatic heterocycles. The van der Waals surface area contributed by atoms with Gasteiger partial charge in [-0.1, -0.05) is 31.4 Å². The summed E-state index contributed by atoms with van der Waals surface area (Å²) in [5.74, 6) is 1.71. The van der Waals surface area contributed by atoms with E-state index < -0.39 is 10.0 Å². The third-order valence-corrected chi connectivity index (χ3v) is 9.65. The molecule has 2 saturated heterocycles. The van der Waals surface area contributed by atoms with E-state index in [1.54, 1.807) is 4.31 Å². The van der Waals surface area contributed by atoms with E-state index >= 15 is 0 Å². The summed E-state index contributed by atoms with van der Waals surface area (Å²) >= 11 is 0. The van der Waals surface area contributed by atoms with Gasteiger partial charge in [-0.25, -0.2) is 8.42 Å². The molecule has 0 radical (unpaired) electrons. The van der Waals surface area contributed by atoms with Gasteiger partial charge >= 0.3 is 0 Å². The minimum Gasteiger partial charge on any atom is -0.457 e. The zero-order valence-electron chi connectivity index (χ0n) is 21.7. The highest BCUT2D eigenvalue weighted by atomic mass is 32.2. The number of rotatable bonds is 9. The van der Waals surface area contributed by atoms with Crippen LogP contribution in [-0.2, 0) is 21.4 Å². The first kappa shape index (κ1) is 26.0. The number of nitrogens with zero attached hydrogens (tertiary/aromatic N) is 2. The molecule has 1 saturated carbocycles. The third kappa shape index (κ3) is 6.29. The SMILES string of the molecule is CS(=O)(=O)N(CC1CCCCC1)c1ccc(Oc2ccc(CN3C4CCC3CC(C(N)=O)C4)cc2)cc1. The van der Waals surface area contributed by atoms with E-state index in [1.165, 1.54) is 31.1 Å². The van der Waals surface area contributed by atoms with Gasteiger partial charge in [0.1, 0.15) is 11.5 Å². The van der Waals surface area contributed by atoms with E-state index in [0.29, 0.717) is 36.0 Å². The van der Waals surface area contributed by atoms with Gasteiger partial charge in [0, 0.05) is 31.1 Å². The number of hydrogen-bond acceptors (Lipinski definition) is 5. The highest BCUT2D eigenvalue weighted by Crippen LogP contribution is 2.39. The summed E-state index contributed by atoms with van der Waals surface area (Å²) in [6.45, 7) is 1.42. The Morgan fingerprint density at radius 1 is 0.919 bits per heavy atom. The molecule has 37 heavy (non-hydrogen) atoms. The number of amides is 1. The second kappa shape index (κ2) is 11.0. The Balaban J connectivity index is 1.19. The largest absolute Gasteiger partial charge is 0.457 e. The van der Waals surface area contributed by atoms with Crippen LogP contribution in [0.1, 0.15) is 63.4 Å². The molecule has 7 nitrogen and oxygen atoms in total. The van der Waals surface area contributed by atoms with Crippen molar-refractivity contribution in [2.45, 2.75) is 76.4 Å². The van der Waals surface area contributed by atoms with Crippen molar-refractivity contribution in [2.24, 2.45) is 17.6 Å². The standard InChI is InChI=1S/C29H39N3O4S/c1-37(34,35)32(20-21-5-3-2-4-6-21)24-11-15-28(16-12-24)36-27-13-7-22(8-14-27)19-31-25-9-10-26(31)18-23(17-25)29(30)33/h7-8,11-16,21,23,25-26H,2-6,9-10,17-20H2,1H3,(H2,30,33). The lowest BCUT2D eigenvalue weighted by Crippen LogP contribution is -2.45. The Morgan fingerprint density at radius 3 is 2.03 bits per heavy atom. The van der Waals surface area contributed by atoms with Gasteiger partial charge < -0.3 is 10.5 Å². The molecule has 200 valence electrons. The number of carbonyl (C=O) groups is 1. The molecule has 8 heteroatoms. The summed E-state index contributed by atoms with van der Waals surface area (Å²) in [4.78, 5) is 14.2. The van der Waals surface area contributed by atoms with Gasteiger partial charge in [0.2, 0.25) is 15.9 Å². The fourth-order valence-corrected chi connectivity index (χ4v) is 7.48. The molecule has 2 bridgehead atoms. The van der Waals surface area contributed by atoms with Crippen molar-refractivity contribution < 1.29 is 17.9 Å². The highest BCUT2D eigenvalue weighted by molar-refractivity contribution is 7.92. The van der Waals surface area contributed by atoms with Crippen LogP contribution in [0.15, 0.2) is 48.5 Å². The Kier molecular flexibility index (Phi) is 7.77. The number of anilines is 1. The fourth-order valence-electron chi connectivity index (χ4n) is 6.49. The van der Waals surface area contributed by atoms with Crippen LogP contribution < -0.4 is 14.8 Å². The summed E-state index contributed by atoms with van der Waals surface area (Å²) in [5.41, 5.74) is 7.49. The first-order chi connectivity index (χ1) is 17.8. The Bertz CT molecular complexity index is 1160. The number of primary amides is 1. The first-order valence-electron chi connectivity index (χ1n) is 13.7. The van der Waals surface area contributed by atoms with Crippen molar-refractivity contribution in [3.63, 3.8) is 0 Å². The number of nitrogens with two attached hydrogens (primary N) is 1. The second-order valence-electron chi connectivity index (χ2n) is 11.2. The van der Waals surface area contributed by atoms with Crippen LogP contribution in [0.3, 0.4) is 0 Å². The Labute approximate surface area is 221 Å². The van der Waals surface area contributed by atoms with Crippen molar-refractivity contribution >= 4 is 21.6 Å². The van der Waals surface area contributed by atoms with Gasteiger partial charge in [-0.05, 0) is 86.4 Å². The van der Waals surface area contributed by atoms with Gasteiger partial charge in [0.15, 0.2) is 0 Å². The van der Waals surface area contributed by atoms with E-state index in [1.807, 2.05) is 36.4 Å². The van der Waals surface area contributed by atoms with E-state index in [0.717, 1.165) is 50.8 Å². The molecule has 3 fully saturated rings. The summed E-state index contributed by atoms with van der Waals surface area (Å²) in [6.07, 6.45) is 11.1. The number of ether oxygens (including phenoxy) is 1. The number of sulfonamides is 1. The minimum atomic E-state index is -3.35. The molecule has 3 aliphatic rings. The number of hydrogen-bond donors (Lipinski definition) is 1. The third-order valence-electron chi connectivity index (χ3n) is 8.48. The molecule has 2 atom stereocenters. The Morgan fingerprint density at radius 2 is 1.49 bits per heavy atom. The number of carbonyl (C=O) groups excluding carboxylic acids is 1. The van der Waals surface area contributed by atoms with E-state index in [-0.39, 0.29) is 11.8 Å². The van der Waals surface area contributed by atoms with Gasteiger partial charge in [-0.3, -0.25) is 14.0 Å². The van der Waals surface area contributed by atoms with Crippen LogP contribution in [0.4, 0.5) is 5.69 Å². The van der Waals surface area contributed by atoms with Gasteiger partial charge in [0.25, 0.3) is 0 Å². The smallest absolute Gasteiger partial charge is 0.232 e. The van der Waals surface area contributed by atoms with Crippen molar-refractivity contribution in [3.8, 4) is 11.5 Å². The molecule has 2 unspecified atom stereocenters. The lowest BCUT2D eigenvalue weighted by atomic mass is 9.89. The predicted molar refractivity (Wildman–Crippen MR) is 146 cm³/mol. The van der Waals surface area contributed by atoms with Crippen molar-refractivity contribution in [1.29, 1.82) is 0 Å². The van der Waals surface area contributed by atoms with E-state index in [2.05, 4.69) is 17.0 Å². The quantitative estimate of drug-likeness (QED) is 0.494.